The Labute approximate surface area is 132 Å². The van der Waals surface area contributed by atoms with E-state index in [4.69, 9.17) is 33.0 Å². The third-order valence-corrected chi connectivity index (χ3v) is 3.19. The van der Waals surface area contributed by atoms with E-state index in [-0.39, 0.29) is 27.2 Å². The lowest BCUT2D eigenvalue weighted by Gasteiger charge is -2.14. The summed E-state index contributed by atoms with van der Waals surface area (Å²) in [6, 6.07) is 1.96. The molecule has 0 aliphatic carbocycles. The number of ether oxygens (including phenoxy) is 1. The van der Waals surface area contributed by atoms with Crippen LogP contribution in [0.25, 0.3) is 0 Å². The summed E-state index contributed by atoms with van der Waals surface area (Å²) in [4.78, 5) is 22.6. The molecule has 0 bridgehead atoms. The molecule has 8 heteroatoms. The standard InChI is InChI=1S/C13H16Cl2N2O4/c1-7(6-21-2)5-16-13(20)17-11-9(14)3-8(12(18)19)4-10(11)15/h3-4,7H,5-6H2,1-2H3,(H,18,19)(H2,16,17,20). The molecule has 0 heterocycles. The van der Waals surface area contributed by atoms with Gasteiger partial charge in [0.2, 0.25) is 0 Å². The highest BCUT2D eigenvalue weighted by Crippen LogP contribution is 2.31. The van der Waals surface area contributed by atoms with Gasteiger partial charge in [0.1, 0.15) is 0 Å². The van der Waals surface area contributed by atoms with Crippen LogP contribution in [0, 0.1) is 5.92 Å². The van der Waals surface area contributed by atoms with Gasteiger partial charge in [0, 0.05) is 13.7 Å². The van der Waals surface area contributed by atoms with Crippen molar-refractivity contribution in [2.75, 3.05) is 25.6 Å². The minimum Gasteiger partial charge on any atom is -0.478 e. The number of carboxylic acid groups (broad SMARTS) is 1. The van der Waals surface area contributed by atoms with E-state index in [1.54, 1.807) is 7.11 Å². The summed E-state index contributed by atoms with van der Waals surface area (Å²) in [5.41, 5.74) is 0.116. The Bertz CT molecular complexity index is 514. The molecule has 0 aromatic heterocycles. The summed E-state index contributed by atoms with van der Waals surface area (Å²) in [7, 11) is 1.58. The highest BCUT2D eigenvalue weighted by molar-refractivity contribution is 6.40. The van der Waals surface area contributed by atoms with E-state index >= 15 is 0 Å². The van der Waals surface area contributed by atoms with Crippen molar-refractivity contribution in [2.24, 2.45) is 5.92 Å². The second-order valence-corrected chi connectivity index (χ2v) is 5.33. The Hall–Kier alpha value is -1.50. The minimum absolute atomic E-state index is 0.0512. The van der Waals surface area contributed by atoms with Crippen molar-refractivity contribution < 1.29 is 19.4 Å². The average Bonchev–Trinajstić information content (AvgIpc) is 2.40. The number of hydrogen-bond acceptors (Lipinski definition) is 3. The monoisotopic (exact) mass is 334 g/mol. The Morgan fingerprint density at radius 2 is 1.90 bits per heavy atom. The first-order chi connectivity index (χ1) is 9.85. The number of benzene rings is 1. The second-order valence-electron chi connectivity index (χ2n) is 4.52. The fourth-order valence-electron chi connectivity index (χ4n) is 1.58. The van der Waals surface area contributed by atoms with Crippen molar-refractivity contribution in [3.8, 4) is 0 Å². The maximum absolute atomic E-state index is 11.7. The van der Waals surface area contributed by atoms with E-state index in [0.29, 0.717) is 13.2 Å². The Balaban J connectivity index is 2.70. The molecule has 0 saturated carbocycles. The van der Waals surface area contributed by atoms with Crippen LogP contribution in [0.2, 0.25) is 10.0 Å². The highest BCUT2D eigenvalue weighted by atomic mass is 35.5. The quantitative estimate of drug-likeness (QED) is 0.745. The van der Waals surface area contributed by atoms with Crippen molar-refractivity contribution >= 4 is 40.9 Å². The Morgan fingerprint density at radius 3 is 2.38 bits per heavy atom. The number of halogens is 2. The largest absolute Gasteiger partial charge is 0.478 e. The third-order valence-electron chi connectivity index (χ3n) is 2.59. The molecule has 1 aromatic carbocycles. The van der Waals surface area contributed by atoms with Crippen LogP contribution in [0.5, 0.6) is 0 Å². The first kappa shape index (κ1) is 17.6. The summed E-state index contributed by atoms with van der Waals surface area (Å²) < 4.78 is 4.96. The zero-order valence-electron chi connectivity index (χ0n) is 11.6. The molecule has 0 aliphatic heterocycles. The van der Waals surface area contributed by atoms with Crippen LogP contribution in [0.4, 0.5) is 10.5 Å². The lowest BCUT2D eigenvalue weighted by atomic mass is 10.2. The summed E-state index contributed by atoms with van der Waals surface area (Å²) >= 11 is 11.8. The molecule has 0 spiro atoms. The van der Waals surface area contributed by atoms with E-state index < -0.39 is 12.0 Å². The Morgan fingerprint density at radius 1 is 1.33 bits per heavy atom. The SMILES string of the molecule is COCC(C)CNC(=O)Nc1c(Cl)cc(C(=O)O)cc1Cl. The molecule has 2 amide bonds. The van der Waals surface area contributed by atoms with Gasteiger partial charge >= 0.3 is 12.0 Å². The molecule has 1 rings (SSSR count). The molecule has 1 aromatic rings. The van der Waals surface area contributed by atoms with Gasteiger partial charge in [-0.1, -0.05) is 30.1 Å². The van der Waals surface area contributed by atoms with Crippen molar-refractivity contribution in [3.63, 3.8) is 0 Å². The second kappa shape index (κ2) is 8.07. The van der Waals surface area contributed by atoms with Crippen LogP contribution in [-0.4, -0.2) is 37.4 Å². The number of amides is 2. The summed E-state index contributed by atoms with van der Waals surface area (Å²) in [5, 5.41) is 14.1. The summed E-state index contributed by atoms with van der Waals surface area (Å²) in [5.74, 6) is -0.996. The number of carbonyl (C=O) groups excluding carboxylic acids is 1. The molecule has 1 atom stereocenters. The van der Waals surface area contributed by atoms with Crippen LogP contribution in [0.1, 0.15) is 17.3 Å². The fourth-order valence-corrected chi connectivity index (χ4v) is 2.17. The molecule has 6 nitrogen and oxygen atoms in total. The molecule has 0 fully saturated rings. The minimum atomic E-state index is -1.15. The van der Waals surface area contributed by atoms with Crippen molar-refractivity contribution in [2.45, 2.75) is 6.92 Å². The molecule has 0 aliphatic rings. The number of carbonyl (C=O) groups is 2. The van der Waals surface area contributed by atoms with Gasteiger partial charge < -0.3 is 20.5 Å². The zero-order valence-corrected chi connectivity index (χ0v) is 13.1. The van der Waals surface area contributed by atoms with Crippen molar-refractivity contribution in [1.82, 2.24) is 5.32 Å². The number of rotatable bonds is 6. The molecule has 0 saturated heterocycles. The van der Waals surface area contributed by atoms with Gasteiger partial charge in [0.05, 0.1) is 27.9 Å². The summed E-state index contributed by atoms with van der Waals surface area (Å²) in [6.45, 7) is 2.86. The topological polar surface area (TPSA) is 87.7 Å². The van der Waals surface area contributed by atoms with E-state index in [1.165, 1.54) is 12.1 Å². The van der Waals surface area contributed by atoms with Crippen LogP contribution < -0.4 is 10.6 Å². The molecule has 3 N–H and O–H groups in total. The normalized spacial score (nSPS) is 11.8. The van der Waals surface area contributed by atoms with Gasteiger partial charge in [0.25, 0.3) is 0 Å². The van der Waals surface area contributed by atoms with E-state index in [2.05, 4.69) is 10.6 Å². The summed E-state index contributed by atoms with van der Waals surface area (Å²) in [6.07, 6.45) is 0. The number of hydrogen-bond donors (Lipinski definition) is 3. The van der Waals surface area contributed by atoms with E-state index in [1.807, 2.05) is 6.92 Å². The third kappa shape index (κ3) is 5.41. The zero-order chi connectivity index (χ0) is 16.0. The maximum Gasteiger partial charge on any atom is 0.335 e. The number of methoxy groups -OCH3 is 1. The van der Waals surface area contributed by atoms with Gasteiger partial charge in [-0.2, -0.15) is 0 Å². The van der Waals surface area contributed by atoms with Crippen LogP contribution in [0.3, 0.4) is 0 Å². The predicted molar refractivity (Wildman–Crippen MR) is 81.5 cm³/mol. The molecule has 1 unspecified atom stereocenters. The first-order valence-corrected chi connectivity index (χ1v) is 6.86. The highest BCUT2D eigenvalue weighted by Gasteiger charge is 2.14. The molecule has 0 radical (unpaired) electrons. The Kier molecular flexibility index (Phi) is 6.74. The van der Waals surface area contributed by atoms with Crippen LogP contribution >= 0.6 is 23.2 Å². The van der Waals surface area contributed by atoms with Crippen LogP contribution in [0.15, 0.2) is 12.1 Å². The van der Waals surface area contributed by atoms with Crippen molar-refractivity contribution in [1.29, 1.82) is 0 Å². The smallest absolute Gasteiger partial charge is 0.335 e. The number of nitrogens with one attached hydrogen (secondary N) is 2. The van der Waals surface area contributed by atoms with Gasteiger partial charge in [-0.05, 0) is 18.1 Å². The van der Waals surface area contributed by atoms with E-state index in [9.17, 15) is 9.59 Å². The lowest BCUT2D eigenvalue weighted by Crippen LogP contribution is -2.33. The predicted octanol–water partition coefficient (Wildman–Crippen LogP) is 3.10. The average molecular weight is 335 g/mol. The van der Waals surface area contributed by atoms with Gasteiger partial charge in [0.15, 0.2) is 0 Å². The lowest BCUT2D eigenvalue weighted by molar-refractivity contribution is 0.0697. The van der Waals surface area contributed by atoms with Crippen LogP contribution in [-0.2, 0) is 4.74 Å². The fraction of sp³-hybridized carbons (Fsp3) is 0.385. The maximum atomic E-state index is 11.7. The van der Waals surface area contributed by atoms with Crippen molar-refractivity contribution in [3.05, 3.63) is 27.7 Å². The molecular formula is C13H16Cl2N2O4. The van der Waals surface area contributed by atoms with Gasteiger partial charge in [-0.15, -0.1) is 0 Å². The number of carboxylic acids is 1. The molecular weight excluding hydrogens is 319 g/mol. The number of urea groups is 1. The number of aromatic carboxylic acids is 1. The van der Waals surface area contributed by atoms with Gasteiger partial charge in [-0.25, -0.2) is 9.59 Å². The van der Waals surface area contributed by atoms with E-state index in [0.717, 1.165) is 0 Å². The first-order valence-electron chi connectivity index (χ1n) is 6.11. The number of anilines is 1. The van der Waals surface area contributed by atoms with Gasteiger partial charge in [-0.3, -0.25) is 0 Å². The molecule has 116 valence electrons. The molecule has 21 heavy (non-hydrogen) atoms.